The average molecular weight is 344 g/mol. The van der Waals surface area contributed by atoms with Crippen molar-refractivity contribution in [2.45, 2.75) is 44.7 Å². The molecule has 3 rings (SSSR count). The predicted molar refractivity (Wildman–Crippen MR) is 98.2 cm³/mol. The lowest BCUT2D eigenvalue weighted by atomic mass is 10.0. The van der Waals surface area contributed by atoms with E-state index in [2.05, 4.69) is 10.6 Å². The number of halogens is 1. The molecule has 1 atom stereocenters. The first-order valence-electron chi connectivity index (χ1n) is 8.60. The van der Waals surface area contributed by atoms with Crippen molar-refractivity contribution in [3.8, 4) is 0 Å². The Balaban J connectivity index is 1.78. The minimum atomic E-state index is -0.227. The van der Waals surface area contributed by atoms with Crippen molar-refractivity contribution in [3.63, 3.8) is 0 Å². The largest absolute Gasteiger partial charge is 0.330 e. The van der Waals surface area contributed by atoms with Crippen LogP contribution in [0.2, 0.25) is 5.02 Å². The van der Waals surface area contributed by atoms with Gasteiger partial charge in [-0.3, -0.25) is 4.79 Å². The molecular weight excluding hydrogens is 320 g/mol. The van der Waals surface area contributed by atoms with Gasteiger partial charge in [-0.05, 0) is 50.3 Å². The van der Waals surface area contributed by atoms with E-state index in [4.69, 9.17) is 11.6 Å². The van der Waals surface area contributed by atoms with Crippen LogP contribution >= 0.6 is 11.6 Å². The molecule has 2 aromatic rings. The van der Waals surface area contributed by atoms with Crippen LogP contribution in [0.25, 0.3) is 0 Å². The van der Waals surface area contributed by atoms with Crippen LogP contribution in [0.3, 0.4) is 0 Å². The zero-order valence-corrected chi connectivity index (χ0v) is 14.7. The molecule has 0 unspecified atom stereocenters. The minimum Gasteiger partial charge on any atom is -0.330 e. The van der Waals surface area contributed by atoms with Gasteiger partial charge in [0.2, 0.25) is 0 Å². The van der Waals surface area contributed by atoms with Crippen molar-refractivity contribution in [2.24, 2.45) is 0 Å². The molecule has 0 spiro atoms. The lowest BCUT2D eigenvalue weighted by Crippen LogP contribution is -2.92. The maximum absolute atomic E-state index is 12.9. The molecule has 0 aliphatic heterocycles. The van der Waals surface area contributed by atoms with E-state index in [1.54, 1.807) is 0 Å². The van der Waals surface area contributed by atoms with Crippen molar-refractivity contribution < 1.29 is 10.1 Å². The van der Waals surface area contributed by atoms with Gasteiger partial charge in [0.25, 0.3) is 5.91 Å². The number of carbonyl (C=O) groups is 1. The third-order valence-corrected chi connectivity index (χ3v) is 5.15. The monoisotopic (exact) mass is 343 g/mol. The molecule has 1 saturated carbocycles. The summed E-state index contributed by atoms with van der Waals surface area (Å²) in [6.07, 6.45) is 4.90. The molecule has 1 aliphatic rings. The third-order valence-electron chi connectivity index (χ3n) is 4.74. The fourth-order valence-electron chi connectivity index (χ4n) is 3.32. The fourth-order valence-corrected chi connectivity index (χ4v) is 3.50. The molecule has 1 fully saturated rings. The van der Waals surface area contributed by atoms with Crippen molar-refractivity contribution in [2.75, 3.05) is 5.32 Å². The first-order chi connectivity index (χ1) is 11.6. The Labute approximate surface area is 148 Å². The van der Waals surface area contributed by atoms with Gasteiger partial charge in [-0.1, -0.05) is 48.0 Å². The Morgan fingerprint density at radius 2 is 1.88 bits per heavy atom. The van der Waals surface area contributed by atoms with E-state index in [-0.39, 0.29) is 11.9 Å². The molecule has 0 aromatic heterocycles. The number of hydrogen-bond donors (Lipinski definition) is 2. The zero-order chi connectivity index (χ0) is 16.9. The Bertz CT molecular complexity index is 696. The molecule has 126 valence electrons. The topological polar surface area (TPSA) is 45.7 Å². The molecule has 3 N–H and O–H groups in total. The summed E-state index contributed by atoms with van der Waals surface area (Å²) in [5.74, 6) is 0.00743. The molecule has 4 heteroatoms. The number of benzene rings is 2. The third kappa shape index (κ3) is 4.16. The summed E-state index contributed by atoms with van der Waals surface area (Å²) in [5, 5.41) is 5.93. The van der Waals surface area contributed by atoms with Crippen LogP contribution in [0, 0.1) is 6.92 Å². The van der Waals surface area contributed by atoms with Crippen LogP contribution in [-0.4, -0.2) is 11.9 Å². The molecule has 0 saturated heterocycles. The highest BCUT2D eigenvalue weighted by molar-refractivity contribution is 6.31. The van der Waals surface area contributed by atoms with Gasteiger partial charge in [0.15, 0.2) is 6.04 Å². The summed E-state index contributed by atoms with van der Waals surface area (Å²) >= 11 is 6.17. The smallest absolute Gasteiger partial charge is 0.287 e. The van der Waals surface area contributed by atoms with E-state index in [9.17, 15) is 4.79 Å². The number of nitrogens with one attached hydrogen (secondary N) is 1. The first-order valence-corrected chi connectivity index (χ1v) is 8.98. The SMILES string of the molecule is Cc1ccc(NC(=O)[C@H]([NH2+]C2CCCC2)c2ccccc2)cc1Cl. The molecule has 0 bridgehead atoms. The highest BCUT2D eigenvalue weighted by Gasteiger charge is 2.29. The number of anilines is 1. The number of aryl methyl sites for hydroxylation is 1. The van der Waals surface area contributed by atoms with Gasteiger partial charge < -0.3 is 10.6 Å². The van der Waals surface area contributed by atoms with E-state index in [0.717, 1.165) is 16.8 Å². The molecule has 0 heterocycles. The highest BCUT2D eigenvalue weighted by Crippen LogP contribution is 2.22. The number of nitrogens with two attached hydrogens (primary N) is 1. The van der Waals surface area contributed by atoms with Crippen LogP contribution in [0.15, 0.2) is 48.5 Å². The van der Waals surface area contributed by atoms with Crippen molar-refractivity contribution in [1.82, 2.24) is 0 Å². The number of rotatable bonds is 5. The van der Waals surface area contributed by atoms with Gasteiger partial charge in [0.1, 0.15) is 0 Å². The van der Waals surface area contributed by atoms with E-state index in [1.165, 1.54) is 25.7 Å². The second-order valence-electron chi connectivity index (χ2n) is 6.58. The van der Waals surface area contributed by atoms with E-state index < -0.39 is 0 Å². The van der Waals surface area contributed by atoms with Crippen molar-refractivity contribution >= 4 is 23.2 Å². The standard InChI is InChI=1S/C20H23ClN2O/c1-14-11-12-17(13-18(14)21)23-20(24)19(15-7-3-2-4-8-15)22-16-9-5-6-10-16/h2-4,7-8,11-13,16,19,22H,5-6,9-10H2,1H3,(H,23,24)/p+1/t19-/m1/s1. The maximum Gasteiger partial charge on any atom is 0.287 e. The summed E-state index contributed by atoms with van der Waals surface area (Å²) < 4.78 is 0. The lowest BCUT2D eigenvalue weighted by molar-refractivity contribution is -0.714. The first kappa shape index (κ1) is 17.0. The van der Waals surface area contributed by atoms with Crippen molar-refractivity contribution in [1.29, 1.82) is 0 Å². The second kappa shape index (κ2) is 7.82. The quantitative estimate of drug-likeness (QED) is 0.851. The van der Waals surface area contributed by atoms with Crippen LogP contribution < -0.4 is 10.6 Å². The zero-order valence-electron chi connectivity index (χ0n) is 14.0. The van der Waals surface area contributed by atoms with Gasteiger partial charge in [-0.2, -0.15) is 0 Å². The average Bonchev–Trinajstić information content (AvgIpc) is 3.10. The van der Waals surface area contributed by atoms with Gasteiger partial charge in [-0.25, -0.2) is 0 Å². The Kier molecular flexibility index (Phi) is 5.54. The number of hydrogen-bond acceptors (Lipinski definition) is 1. The van der Waals surface area contributed by atoms with E-state index >= 15 is 0 Å². The predicted octanol–water partition coefficient (Wildman–Crippen LogP) is 3.83. The molecule has 1 amide bonds. The lowest BCUT2D eigenvalue weighted by Gasteiger charge is -2.20. The Morgan fingerprint density at radius 3 is 2.54 bits per heavy atom. The second-order valence-corrected chi connectivity index (χ2v) is 6.99. The van der Waals surface area contributed by atoms with Crippen LogP contribution in [0.5, 0.6) is 0 Å². The van der Waals surface area contributed by atoms with Crippen molar-refractivity contribution in [3.05, 3.63) is 64.7 Å². The summed E-state index contributed by atoms with van der Waals surface area (Å²) in [4.78, 5) is 12.9. The molecule has 3 nitrogen and oxygen atoms in total. The van der Waals surface area contributed by atoms with Crippen LogP contribution in [0.4, 0.5) is 5.69 Å². The minimum absolute atomic E-state index is 0.00743. The molecular formula is C20H24ClN2O+. The number of quaternary nitrogens is 1. The summed E-state index contributed by atoms with van der Waals surface area (Å²) in [5.41, 5.74) is 2.79. The Morgan fingerprint density at radius 1 is 1.17 bits per heavy atom. The molecule has 1 aliphatic carbocycles. The summed E-state index contributed by atoms with van der Waals surface area (Å²) in [6, 6.07) is 15.9. The maximum atomic E-state index is 12.9. The number of carbonyl (C=O) groups excluding carboxylic acids is 1. The van der Waals surface area contributed by atoms with E-state index in [0.29, 0.717) is 11.1 Å². The molecule has 24 heavy (non-hydrogen) atoms. The van der Waals surface area contributed by atoms with Gasteiger partial charge in [0.05, 0.1) is 6.04 Å². The van der Waals surface area contributed by atoms with Crippen LogP contribution in [-0.2, 0) is 4.79 Å². The van der Waals surface area contributed by atoms with E-state index in [1.807, 2.05) is 55.5 Å². The van der Waals surface area contributed by atoms with Gasteiger partial charge in [0, 0.05) is 16.3 Å². The Hall–Kier alpha value is -1.84. The summed E-state index contributed by atoms with van der Waals surface area (Å²) in [6.45, 7) is 1.95. The highest BCUT2D eigenvalue weighted by atomic mass is 35.5. The molecule has 0 radical (unpaired) electrons. The normalized spacial score (nSPS) is 16.1. The summed E-state index contributed by atoms with van der Waals surface area (Å²) in [7, 11) is 0. The van der Waals surface area contributed by atoms with Gasteiger partial charge in [-0.15, -0.1) is 0 Å². The van der Waals surface area contributed by atoms with Gasteiger partial charge >= 0.3 is 0 Å². The molecule has 2 aromatic carbocycles. The van der Waals surface area contributed by atoms with Crippen LogP contribution in [0.1, 0.15) is 42.9 Å². The number of amides is 1. The fraction of sp³-hybridized carbons (Fsp3) is 0.350.